The Labute approximate surface area is 168 Å². The maximum Gasteiger partial charge on any atom is 0.260 e. The van der Waals surface area contributed by atoms with Crippen LogP contribution in [0.25, 0.3) is 6.08 Å². The largest absolute Gasteiger partial charge is 0.496 e. The van der Waals surface area contributed by atoms with E-state index in [1.165, 1.54) is 21.3 Å². The van der Waals surface area contributed by atoms with E-state index >= 15 is 0 Å². The van der Waals surface area contributed by atoms with Crippen LogP contribution in [0.3, 0.4) is 0 Å². The van der Waals surface area contributed by atoms with Gasteiger partial charge < -0.3 is 19.9 Å². The number of rotatable bonds is 8. The van der Waals surface area contributed by atoms with Crippen molar-refractivity contribution in [2.45, 2.75) is 5.75 Å². The average molecular weight is 426 g/mol. The lowest BCUT2D eigenvalue weighted by atomic mass is 10.1. The van der Waals surface area contributed by atoms with Gasteiger partial charge in [0.15, 0.2) is 9.84 Å². The summed E-state index contributed by atoms with van der Waals surface area (Å²) >= 11 is 5.82. The molecule has 0 aliphatic rings. The van der Waals surface area contributed by atoms with Crippen molar-refractivity contribution in [1.29, 1.82) is 0 Å². The van der Waals surface area contributed by atoms with Crippen molar-refractivity contribution in [3.63, 3.8) is 0 Å². The number of hydrogen-bond donors (Lipinski definition) is 1. The Morgan fingerprint density at radius 2 is 1.57 bits per heavy atom. The Kier molecular flexibility index (Phi) is 6.93. The molecule has 0 unspecified atom stereocenters. The molecular formula is C19H20ClNO6S. The van der Waals surface area contributed by atoms with E-state index in [9.17, 15) is 13.2 Å². The van der Waals surface area contributed by atoms with Crippen LogP contribution in [-0.4, -0.2) is 35.7 Å². The standard InChI is InChI=1S/C19H20ClNO6S/c1-25-14-8-16(26-2)15(17(9-14)27-3)10-18(19(21)22)28(23,24)11-12-4-6-13(20)7-5-12/h4-10H,11H2,1-3H3,(H2,21,22)/b18-10-. The van der Waals surface area contributed by atoms with Gasteiger partial charge >= 0.3 is 0 Å². The van der Waals surface area contributed by atoms with Gasteiger partial charge in [0.05, 0.1) is 32.6 Å². The lowest BCUT2D eigenvalue weighted by molar-refractivity contribution is -0.113. The van der Waals surface area contributed by atoms with Crippen LogP contribution >= 0.6 is 11.6 Å². The van der Waals surface area contributed by atoms with Crippen LogP contribution in [0.1, 0.15) is 11.1 Å². The molecule has 2 N–H and O–H groups in total. The second-order valence-electron chi connectivity index (χ2n) is 5.70. The number of ether oxygens (including phenoxy) is 3. The second-order valence-corrected chi connectivity index (χ2v) is 8.10. The number of hydrogen-bond acceptors (Lipinski definition) is 6. The van der Waals surface area contributed by atoms with E-state index in [1.54, 1.807) is 36.4 Å². The molecule has 0 fully saturated rings. The zero-order valence-electron chi connectivity index (χ0n) is 15.6. The number of nitrogens with two attached hydrogens (primary N) is 1. The van der Waals surface area contributed by atoms with Crippen molar-refractivity contribution >= 4 is 33.4 Å². The topological polar surface area (TPSA) is 105 Å². The highest BCUT2D eigenvalue weighted by Crippen LogP contribution is 2.36. The minimum absolute atomic E-state index is 0.249. The summed E-state index contributed by atoms with van der Waals surface area (Å²) in [6.45, 7) is 0. The Balaban J connectivity index is 2.58. The van der Waals surface area contributed by atoms with Gasteiger partial charge in [-0.15, -0.1) is 0 Å². The fourth-order valence-corrected chi connectivity index (χ4v) is 4.01. The highest BCUT2D eigenvalue weighted by Gasteiger charge is 2.25. The average Bonchev–Trinajstić information content (AvgIpc) is 2.66. The van der Waals surface area contributed by atoms with Crippen LogP contribution < -0.4 is 19.9 Å². The van der Waals surface area contributed by atoms with E-state index in [2.05, 4.69) is 0 Å². The Bertz CT molecular complexity index is 975. The Morgan fingerprint density at radius 1 is 1.04 bits per heavy atom. The molecule has 2 aromatic rings. The van der Waals surface area contributed by atoms with Crippen LogP contribution in [-0.2, 0) is 20.4 Å². The van der Waals surface area contributed by atoms with E-state index in [1.807, 2.05) is 0 Å². The number of carbonyl (C=O) groups is 1. The molecule has 0 saturated heterocycles. The smallest absolute Gasteiger partial charge is 0.260 e. The summed E-state index contributed by atoms with van der Waals surface area (Å²) in [7, 11) is 0.218. The van der Waals surface area contributed by atoms with Gasteiger partial charge in [0.2, 0.25) is 0 Å². The first kappa shape index (κ1) is 21.6. The molecule has 2 rings (SSSR count). The van der Waals surface area contributed by atoms with Crippen molar-refractivity contribution in [2.24, 2.45) is 5.73 Å². The molecule has 0 heterocycles. The fourth-order valence-electron chi connectivity index (χ4n) is 2.50. The predicted molar refractivity (Wildman–Crippen MR) is 107 cm³/mol. The number of primary amides is 1. The number of carbonyl (C=O) groups excluding carboxylic acids is 1. The molecule has 0 aliphatic carbocycles. The number of methoxy groups -OCH3 is 3. The van der Waals surface area contributed by atoms with Gasteiger partial charge in [-0.1, -0.05) is 23.7 Å². The molecule has 0 aromatic heterocycles. The van der Waals surface area contributed by atoms with Crippen molar-refractivity contribution < 1.29 is 27.4 Å². The van der Waals surface area contributed by atoms with Crippen molar-refractivity contribution in [3.05, 3.63) is 57.5 Å². The number of sulfone groups is 1. The first-order chi connectivity index (χ1) is 13.2. The Hall–Kier alpha value is -2.71. The third-order valence-electron chi connectivity index (χ3n) is 3.88. The van der Waals surface area contributed by atoms with Gasteiger partial charge in [0, 0.05) is 17.2 Å². The molecule has 0 aliphatic heterocycles. The van der Waals surface area contributed by atoms with Crippen LogP contribution in [0.15, 0.2) is 41.3 Å². The summed E-state index contributed by atoms with van der Waals surface area (Å²) in [6, 6.07) is 9.34. The molecule has 0 spiro atoms. The molecule has 28 heavy (non-hydrogen) atoms. The predicted octanol–water partition coefficient (Wildman–Crippen LogP) is 2.81. The summed E-state index contributed by atoms with van der Waals surface area (Å²) in [4.78, 5) is 11.4. The number of halogens is 1. The SMILES string of the molecule is COc1cc(OC)c(/C=C(/C(N)=O)S(=O)(=O)Cc2ccc(Cl)cc2)c(OC)c1. The molecule has 0 bridgehead atoms. The normalized spacial score (nSPS) is 11.8. The summed E-state index contributed by atoms with van der Waals surface area (Å²) in [5.74, 6) is -0.544. The van der Waals surface area contributed by atoms with Crippen LogP contribution in [0, 0.1) is 0 Å². The quantitative estimate of drug-likeness (QED) is 0.652. The minimum atomic E-state index is -4.05. The third kappa shape index (κ3) is 4.96. The number of benzene rings is 2. The van der Waals surface area contributed by atoms with Crippen LogP contribution in [0.5, 0.6) is 17.2 Å². The van der Waals surface area contributed by atoms with Gasteiger partial charge in [-0.05, 0) is 23.8 Å². The van der Waals surface area contributed by atoms with E-state index in [-0.39, 0.29) is 17.1 Å². The van der Waals surface area contributed by atoms with Crippen molar-refractivity contribution in [1.82, 2.24) is 0 Å². The molecule has 2 aromatic carbocycles. The summed E-state index contributed by atoms with van der Waals surface area (Å²) in [5, 5.41) is 0.472. The van der Waals surface area contributed by atoms with Gasteiger partial charge in [0.1, 0.15) is 22.2 Å². The summed E-state index contributed by atoms with van der Waals surface area (Å²) < 4.78 is 41.4. The zero-order chi connectivity index (χ0) is 20.9. The van der Waals surface area contributed by atoms with Crippen LogP contribution in [0.2, 0.25) is 5.02 Å². The van der Waals surface area contributed by atoms with Gasteiger partial charge in [0.25, 0.3) is 5.91 Å². The first-order valence-corrected chi connectivity index (χ1v) is 10.0. The molecule has 0 saturated carbocycles. The lowest BCUT2D eigenvalue weighted by Crippen LogP contribution is -2.22. The fraction of sp³-hybridized carbons (Fsp3) is 0.211. The monoisotopic (exact) mass is 425 g/mol. The number of amides is 1. The third-order valence-corrected chi connectivity index (χ3v) is 5.83. The molecule has 9 heteroatoms. The minimum Gasteiger partial charge on any atom is -0.496 e. The molecule has 7 nitrogen and oxygen atoms in total. The maximum atomic E-state index is 12.8. The van der Waals surface area contributed by atoms with Crippen molar-refractivity contribution in [2.75, 3.05) is 21.3 Å². The van der Waals surface area contributed by atoms with Crippen LogP contribution in [0.4, 0.5) is 0 Å². The molecule has 0 radical (unpaired) electrons. The van der Waals surface area contributed by atoms with E-state index in [4.69, 9.17) is 31.5 Å². The lowest BCUT2D eigenvalue weighted by Gasteiger charge is -2.14. The Morgan fingerprint density at radius 3 is 2.00 bits per heavy atom. The summed E-state index contributed by atoms with van der Waals surface area (Å²) in [6.07, 6.45) is 1.14. The zero-order valence-corrected chi connectivity index (χ0v) is 17.1. The van der Waals surface area contributed by atoms with Crippen molar-refractivity contribution in [3.8, 4) is 17.2 Å². The molecular weight excluding hydrogens is 406 g/mol. The molecule has 150 valence electrons. The van der Waals surface area contributed by atoms with Gasteiger partial charge in [-0.25, -0.2) is 8.42 Å². The second kappa shape index (κ2) is 8.99. The highest BCUT2D eigenvalue weighted by atomic mass is 35.5. The summed E-state index contributed by atoms with van der Waals surface area (Å²) in [5.41, 5.74) is 6.09. The van der Waals surface area contributed by atoms with Gasteiger partial charge in [-0.2, -0.15) is 0 Å². The molecule has 1 amide bonds. The molecule has 0 atom stereocenters. The highest BCUT2D eigenvalue weighted by molar-refractivity contribution is 7.95. The van der Waals surface area contributed by atoms with E-state index in [0.29, 0.717) is 16.3 Å². The van der Waals surface area contributed by atoms with E-state index < -0.39 is 26.4 Å². The van der Waals surface area contributed by atoms with Gasteiger partial charge in [-0.3, -0.25) is 4.79 Å². The van der Waals surface area contributed by atoms with E-state index in [0.717, 1.165) is 6.08 Å². The maximum absolute atomic E-state index is 12.8. The first-order valence-electron chi connectivity index (χ1n) is 8.00.